The highest BCUT2D eigenvalue weighted by Crippen LogP contribution is 2.27. The second-order valence-corrected chi connectivity index (χ2v) is 5.83. The van der Waals surface area contributed by atoms with E-state index in [0.29, 0.717) is 5.69 Å². The summed E-state index contributed by atoms with van der Waals surface area (Å²) in [4.78, 5) is 19.1. The van der Waals surface area contributed by atoms with Crippen LogP contribution >= 0.6 is 15.9 Å². The lowest BCUT2D eigenvalue weighted by atomic mass is 9.97. The van der Waals surface area contributed by atoms with Crippen molar-refractivity contribution in [3.05, 3.63) is 40.8 Å². The van der Waals surface area contributed by atoms with Crippen molar-refractivity contribution in [2.45, 2.75) is 18.8 Å². The third kappa shape index (κ3) is 3.16. The third-order valence-electron chi connectivity index (χ3n) is 3.52. The number of anilines is 1. The fourth-order valence-corrected chi connectivity index (χ4v) is 2.71. The van der Waals surface area contributed by atoms with Gasteiger partial charge in [-0.2, -0.15) is 5.26 Å². The molecular formula is C14H13BrN6. The van der Waals surface area contributed by atoms with E-state index < -0.39 is 0 Å². The largest absolute Gasteiger partial charge is 0.356 e. The number of nitrogens with zero attached hydrogens (tertiary/aromatic N) is 6. The molecule has 3 heterocycles. The van der Waals surface area contributed by atoms with Crippen molar-refractivity contribution in [2.75, 3.05) is 18.0 Å². The number of rotatable bonds is 2. The molecule has 1 fully saturated rings. The SMILES string of the molecule is N#Cc1cc(N2CCCC(c3ncc(Br)cn3)C2)ncn1. The Labute approximate surface area is 131 Å². The molecule has 1 aliphatic rings. The first-order chi connectivity index (χ1) is 10.3. The minimum Gasteiger partial charge on any atom is -0.356 e. The topological polar surface area (TPSA) is 78.6 Å². The van der Waals surface area contributed by atoms with Crippen LogP contribution in [0.3, 0.4) is 0 Å². The molecule has 21 heavy (non-hydrogen) atoms. The molecule has 0 aliphatic carbocycles. The third-order valence-corrected chi connectivity index (χ3v) is 3.93. The van der Waals surface area contributed by atoms with Gasteiger partial charge in [-0.05, 0) is 28.8 Å². The molecule has 0 radical (unpaired) electrons. The van der Waals surface area contributed by atoms with E-state index in [1.165, 1.54) is 6.33 Å². The van der Waals surface area contributed by atoms with Crippen molar-refractivity contribution in [3.63, 3.8) is 0 Å². The monoisotopic (exact) mass is 344 g/mol. The predicted molar refractivity (Wildman–Crippen MR) is 80.7 cm³/mol. The Kier molecular flexibility index (Phi) is 4.06. The van der Waals surface area contributed by atoms with Gasteiger partial charge in [0.15, 0.2) is 0 Å². The van der Waals surface area contributed by atoms with Gasteiger partial charge in [-0.25, -0.2) is 19.9 Å². The molecule has 1 aliphatic heterocycles. The Balaban J connectivity index is 1.79. The fraction of sp³-hybridized carbons (Fsp3) is 0.357. The summed E-state index contributed by atoms with van der Waals surface area (Å²) in [5.41, 5.74) is 0.391. The predicted octanol–water partition coefficient (Wildman–Crippen LogP) is 2.28. The molecule has 0 spiro atoms. The highest BCUT2D eigenvalue weighted by Gasteiger charge is 2.24. The molecule has 106 valence electrons. The van der Waals surface area contributed by atoms with Gasteiger partial charge in [-0.15, -0.1) is 0 Å². The van der Waals surface area contributed by atoms with Gasteiger partial charge in [0.25, 0.3) is 0 Å². The normalized spacial score (nSPS) is 18.3. The van der Waals surface area contributed by atoms with Crippen molar-refractivity contribution < 1.29 is 0 Å². The number of hydrogen-bond acceptors (Lipinski definition) is 6. The van der Waals surface area contributed by atoms with Crippen molar-refractivity contribution >= 4 is 21.7 Å². The van der Waals surface area contributed by atoms with Crippen LogP contribution in [0.25, 0.3) is 0 Å². The first kappa shape index (κ1) is 13.9. The lowest BCUT2D eigenvalue weighted by Gasteiger charge is -2.32. The number of nitriles is 1. The van der Waals surface area contributed by atoms with Crippen molar-refractivity contribution in [2.24, 2.45) is 0 Å². The Morgan fingerprint density at radius 3 is 2.81 bits per heavy atom. The van der Waals surface area contributed by atoms with Crippen LogP contribution in [-0.2, 0) is 0 Å². The number of halogens is 1. The van der Waals surface area contributed by atoms with Crippen LogP contribution in [0.15, 0.2) is 29.3 Å². The molecule has 2 aromatic heterocycles. The molecule has 7 heteroatoms. The Bertz CT molecular complexity index is 666. The average molecular weight is 345 g/mol. The van der Waals surface area contributed by atoms with Gasteiger partial charge in [0, 0.05) is 37.5 Å². The fourth-order valence-electron chi connectivity index (χ4n) is 2.51. The molecule has 0 amide bonds. The molecule has 0 bridgehead atoms. The van der Waals surface area contributed by atoms with Crippen LogP contribution in [0.1, 0.15) is 30.3 Å². The zero-order valence-electron chi connectivity index (χ0n) is 11.3. The first-order valence-corrected chi connectivity index (χ1v) is 7.50. The Hall–Kier alpha value is -2.07. The molecule has 0 N–H and O–H groups in total. The minimum atomic E-state index is 0.285. The van der Waals surface area contributed by atoms with Crippen LogP contribution in [0.2, 0.25) is 0 Å². The van der Waals surface area contributed by atoms with E-state index in [4.69, 9.17) is 5.26 Å². The van der Waals surface area contributed by atoms with Gasteiger partial charge in [0.05, 0.1) is 4.47 Å². The molecule has 2 aromatic rings. The lowest BCUT2D eigenvalue weighted by molar-refractivity contribution is 0.488. The van der Waals surface area contributed by atoms with Gasteiger partial charge in [0.1, 0.15) is 29.7 Å². The van der Waals surface area contributed by atoms with Crippen LogP contribution in [0.4, 0.5) is 5.82 Å². The first-order valence-electron chi connectivity index (χ1n) is 6.71. The zero-order valence-corrected chi connectivity index (χ0v) is 12.9. The van der Waals surface area contributed by atoms with Crippen LogP contribution in [0.5, 0.6) is 0 Å². The summed E-state index contributed by atoms with van der Waals surface area (Å²) < 4.78 is 0.883. The molecular weight excluding hydrogens is 332 g/mol. The van der Waals surface area contributed by atoms with Crippen molar-refractivity contribution in [1.82, 2.24) is 19.9 Å². The summed E-state index contributed by atoms with van der Waals surface area (Å²) in [5, 5.41) is 8.93. The second-order valence-electron chi connectivity index (χ2n) is 4.92. The van der Waals surface area contributed by atoms with E-state index in [9.17, 15) is 0 Å². The van der Waals surface area contributed by atoms with Crippen LogP contribution in [-0.4, -0.2) is 33.0 Å². The molecule has 0 aromatic carbocycles. The number of aromatic nitrogens is 4. The highest BCUT2D eigenvalue weighted by atomic mass is 79.9. The lowest BCUT2D eigenvalue weighted by Crippen LogP contribution is -2.35. The van der Waals surface area contributed by atoms with Gasteiger partial charge in [0.2, 0.25) is 0 Å². The number of piperidine rings is 1. The summed E-state index contributed by atoms with van der Waals surface area (Å²) in [6.07, 6.45) is 7.11. The maximum Gasteiger partial charge on any atom is 0.145 e. The smallest absolute Gasteiger partial charge is 0.145 e. The molecule has 3 rings (SSSR count). The van der Waals surface area contributed by atoms with E-state index in [1.807, 2.05) is 6.07 Å². The highest BCUT2D eigenvalue weighted by molar-refractivity contribution is 9.10. The van der Waals surface area contributed by atoms with E-state index in [-0.39, 0.29) is 5.92 Å². The minimum absolute atomic E-state index is 0.285. The Morgan fingerprint density at radius 2 is 2.05 bits per heavy atom. The maximum absolute atomic E-state index is 8.93. The van der Waals surface area contributed by atoms with Gasteiger partial charge >= 0.3 is 0 Å². The molecule has 1 saturated heterocycles. The second kappa shape index (κ2) is 6.14. The summed E-state index contributed by atoms with van der Waals surface area (Å²) in [7, 11) is 0. The number of hydrogen-bond donors (Lipinski definition) is 0. The average Bonchev–Trinajstić information content (AvgIpc) is 2.56. The maximum atomic E-state index is 8.93. The summed E-state index contributed by atoms with van der Waals surface area (Å²) in [6.45, 7) is 1.73. The Morgan fingerprint density at radius 1 is 1.24 bits per heavy atom. The zero-order chi connectivity index (χ0) is 14.7. The van der Waals surface area contributed by atoms with Gasteiger partial charge in [-0.3, -0.25) is 0 Å². The van der Waals surface area contributed by atoms with Crippen LogP contribution in [0, 0.1) is 11.3 Å². The summed E-state index contributed by atoms with van der Waals surface area (Å²) in [6, 6.07) is 3.77. The van der Waals surface area contributed by atoms with Crippen LogP contribution < -0.4 is 4.90 Å². The van der Waals surface area contributed by atoms with Gasteiger partial charge in [-0.1, -0.05) is 0 Å². The molecule has 6 nitrogen and oxygen atoms in total. The summed E-state index contributed by atoms with van der Waals surface area (Å²) >= 11 is 3.35. The molecule has 0 saturated carbocycles. The van der Waals surface area contributed by atoms with E-state index in [0.717, 1.165) is 42.0 Å². The van der Waals surface area contributed by atoms with E-state index >= 15 is 0 Å². The molecule has 1 unspecified atom stereocenters. The molecule has 1 atom stereocenters. The van der Waals surface area contributed by atoms with Crippen molar-refractivity contribution in [3.8, 4) is 6.07 Å². The van der Waals surface area contributed by atoms with Gasteiger partial charge < -0.3 is 4.90 Å². The standard InChI is InChI=1S/C14H13BrN6/c15-11-6-17-14(18-7-11)10-2-1-3-21(8-10)13-4-12(5-16)19-9-20-13/h4,6-7,9-10H,1-3,8H2. The van der Waals surface area contributed by atoms with Crippen molar-refractivity contribution in [1.29, 1.82) is 5.26 Å². The summed E-state index contributed by atoms with van der Waals surface area (Å²) in [5.74, 6) is 1.94. The quantitative estimate of drug-likeness (QED) is 0.831. The van der Waals surface area contributed by atoms with E-state index in [2.05, 4.69) is 40.8 Å². The van der Waals surface area contributed by atoms with E-state index in [1.54, 1.807) is 18.5 Å².